The van der Waals surface area contributed by atoms with Gasteiger partial charge in [0, 0.05) is 11.8 Å². The highest BCUT2D eigenvalue weighted by Crippen LogP contribution is 2.30. The van der Waals surface area contributed by atoms with E-state index >= 15 is 0 Å². The number of anilines is 1. The molecule has 1 aliphatic rings. The SMILES string of the molecule is Cc1cccn2c(NC(=O)C3COCCO3)c(-c3ccccc3)nc12. The van der Waals surface area contributed by atoms with Gasteiger partial charge in [0.15, 0.2) is 6.10 Å². The average Bonchev–Trinajstić information content (AvgIpc) is 3.03. The largest absolute Gasteiger partial charge is 0.376 e. The summed E-state index contributed by atoms with van der Waals surface area (Å²) in [7, 11) is 0. The molecule has 0 bridgehead atoms. The summed E-state index contributed by atoms with van der Waals surface area (Å²) >= 11 is 0. The first-order valence-corrected chi connectivity index (χ1v) is 8.27. The molecule has 6 nitrogen and oxygen atoms in total. The molecule has 6 heteroatoms. The predicted octanol–water partition coefficient (Wildman–Crippen LogP) is 2.66. The third-order valence-electron chi connectivity index (χ3n) is 4.24. The molecule has 3 heterocycles. The molecule has 0 radical (unpaired) electrons. The van der Waals surface area contributed by atoms with Crippen molar-refractivity contribution in [3.05, 3.63) is 54.2 Å². The lowest BCUT2D eigenvalue weighted by Crippen LogP contribution is -2.39. The Bertz CT molecular complexity index is 899. The van der Waals surface area contributed by atoms with E-state index < -0.39 is 6.10 Å². The number of benzene rings is 1. The summed E-state index contributed by atoms with van der Waals surface area (Å²) in [6, 6.07) is 13.8. The molecule has 4 rings (SSSR count). The summed E-state index contributed by atoms with van der Waals surface area (Å²) in [5.41, 5.74) is 3.54. The number of carbonyl (C=O) groups excluding carboxylic acids is 1. The molecule has 1 fully saturated rings. The van der Waals surface area contributed by atoms with Crippen LogP contribution in [0.3, 0.4) is 0 Å². The minimum absolute atomic E-state index is 0.222. The van der Waals surface area contributed by atoms with Gasteiger partial charge in [0.25, 0.3) is 5.91 Å². The van der Waals surface area contributed by atoms with E-state index in [0.717, 1.165) is 22.5 Å². The lowest BCUT2D eigenvalue weighted by atomic mass is 10.1. The van der Waals surface area contributed by atoms with Crippen LogP contribution in [0.4, 0.5) is 5.82 Å². The van der Waals surface area contributed by atoms with Crippen LogP contribution in [0.2, 0.25) is 0 Å². The first-order chi connectivity index (χ1) is 12.2. The van der Waals surface area contributed by atoms with Crippen molar-refractivity contribution < 1.29 is 14.3 Å². The Hall–Kier alpha value is -2.70. The molecule has 2 aromatic heterocycles. The molecule has 1 atom stereocenters. The van der Waals surface area contributed by atoms with Crippen LogP contribution in [0.1, 0.15) is 5.56 Å². The summed E-state index contributed by atoms with van der Waals surface area (Å²) in [4.78, 5) is 17.4. The third-order valence-corrected chi connectivity index (χ3v) is 4.24. The summed E-state index contributed by atoms with van der Waals surface area (Å²) in [6.45, 7) is 3.22. The van der Waals surface area contributed by atoms with Gasteiger partial charge in [0.05, 0.1) is 19.8 Å². The summed E-state index contributed by atoms with van der Waals surface area (Å²) in [5, 5.41) is 2.99. The van der Waals surface area contributed by atoms with Crippen molar-refractivity contribution in [3.63, 3.8) is 0 Å². The Morgan fingerprint density at radius 3 is 2.80 bits per heavy atom. The monoisotopic (exact) mass is 337 g/mol. The van der Waals surface area contributed by atoms with Crippen molar-refractivity contribution in [3.8, 4) is 11.3 Å². The molecule has 1 aromatic carbocycles. The minimum Gasteiger partial charge on any atom is -0.376 e. The number of nitrogens with zero attached hydrogens (tertiary/aromatic N) is 2. The highest BCUT2D eigenvalue weighted by molar-refractivity contribution is 5.97. The maximum Gasteiger partial charge on any atom is 0.257 e. The summed E-state index contributed by atoms with van der Waals surface area (Å²) in [5.74, 6) is 0.421. The zero-order chi connectivity index (χ0) is 17.2. The number of rotatable bonds is 3. The number of ether oxygens (including phenoxy) is 2. The average molecular weight is 337 g/mol. The number of aryl methyl sites for hydroxylation is 1. The van der Waals surface area contributed by atoms with Gasteiger partial charge in [-0.3, -0.25) is 9.20 Å². The molecule has 3 aromatic rings. The van der Waals surface area contributed by atoms with Crippen LogP contribution in [0.15, 0.2) is 48.7 Å². The topological polar surface area (TPSA) is 64.9 Å². The van der Waals surface area contributed by atoms with E-state index in [9.17, 15) is 4.79 Å². The molecular weight excluding hydrogens is 318 g/mol. The van der Waals surface area contributed by atoms with E-state index in [4.69, 9.17) is 14.5 Å². The second-order valence-corrected chi connectivity index (χ2v) is 5.98. The minimum atomic E-state index is -0.604. The van der Waals surface area contributed by atoms with E-state index in [1.807, 2.05) is 60.0 Å². The Kier molecular flexibility index (Phi) is 4.21. The van der Waals surface area contributed by atoms with Gasteiger partial charge >= 0.3 is 0 Å². The zero-order valence-corrected chi connectivity index (χ0v) is 13.9. The third kappa shape index (κ3) is 3.01. The summed E-state index contributed by atoms with van der Waals surface area (Å²) in [6.07, 6.45) is 1.29. The molecule has 1 saturated heterocycles. The standard InChI is InChI=1S/C19H19N3O3/c1-13-6-5-9-22-17(13)20-16(14-7-3-2-4-8-14)18(22)21-19(23)15-12-24-10-11-25-15/h2-9,15H,10-12H2,1H3,(H,21,23). The van der Waals surface area contributed by atoms with Gasteiger partial charge in [-0.1, -0.05) is 36.4 Å². The molecule has 0 saturated carbocycles. The molecular formula is C19H19N3O3. The normalized spacial score (nSPS) is 17.6. The molecule has 25 heavy (non-hydrogen) atoms. The fraction of sp³-hybridized carbons (Fsp3) is 0.263. The number of nitrogens with one attached hydrogen (secondary N) is 1. The smallest absolute Gasteiger partial charge is 0.257 e. The zero-order valence-electron chi connectivity index (χ0n) is 13.9. The van der Waals surface area contributed by atoms with Crippen LogP contribution in [0.5, 0.6) is 0 Å². The molecule has 1 unspecified atom stereocenters. The second kappa shape index (κ2) is 6.66. The lowest BCUT2D eigenvalue weighted by Gasteiger charge is -2.22. The number of hydrogen-bond donors (Lipinski definition) is 1. The van der Waals surface area contributed by atoms with Gasteiger partial charge in [0.1, 0.15) is 17.2 Å². The number of amides is 1. The van der Waals surface area contributed by atoms with Crippen LogP contribution in [-0.2, 0) is 14.3 Å². The van der Waals surface area contributed by atoms with Crippen molar-refractivity contribution >= 4 is 17.4 Å². The van der Waals surface area contributed by atoms with Crippen LogP contribution < -0.4 is 5.32 Å². The fourth-order valence-electron chi connectivity index (χ4n) is 2.96. The van der Waals surface area contributed by atoms with Gasteiger partial charge in [-0.2, -0.15) is 0 Å². The number of pyridine rings is 1. The number of carbonyl (C=O) groups is 1. The van der Waals surface area contributed by atoms with Crippen molar-refractivity contribution in [2.45, 2.75) is 13.0 Å². The van der Waals surface area contributed by atoms with Crippen LogP contribution in [0, 0.1) is 6.92 Å². The van der Waals surface area contributed by atoms with Crippen molar-refractivity contribution in [2.24, 2.45) is 0 Å². The number of hydrogen-bond acceptors (Lipinski definition) is 4. The number of fused-ring (bicyclic) bond motifs is 1. The Balaban J connectivity index is 1.78. The van der Waals surface area contributed by atoms with E-state index in [-0.39, 0.29) is 12.5 Å². The maximum atomic E-state index is 12.6. The van der Waals surface area contributed by atoms with Gasteiger partial charge < -0.3 is 14.8 Å². The Morgan fingerprint density at radius 1 is 1.20 bits per heavy atom. The Labute approximate surface area is 145 Å². The highest BCUT2D eigenvalue weighted by Gasteiger charge is 2.25. The van der Waals surface area contributed by atoms with Gasteiger partial charge in [-0.15, -0.1) is 0 Å². The van der Waals surface area contributed by atoms with Gasteiger partial charge in [-0.25, -0.2) is 4.98 Å². The fourth-order valence-corrected chi connectivity index (χ4v) is 2.96. The first kappa shape index (κ1) is 15.8. The lowest BCUT2D eigenvalue weighted by molar-refractivity contribution is -0.142. The van der Waals surface area contributed by atoms with Crippen LogP contribution in [0.25, 0.3) is 16.9 Å². The first-order valence-electron chi connectivity index (χ1n) is 8.27. The molecule has 1 aliphatic heterocycles. The molecule has 0 aliphatic carbocycles. The number of aromatic nitrogens is 2. The van der Waals surface area contributed by atoms with E-state index in [2.05, 4.69) is 5.32 Å². The van der Waals surface area contributed by atoms with Crippen LogP contribution in [-0.4, -0.2) is 41.2 Å². The van der Waals surface area contributed by atoms with Crippen molar-refractivity contribution in [1.82, 2.24) is 9.38 Å². The molecule has 0 spiro atoms. The maximum absolute atomic E-state index is 12.6. The summed E-state index contributed by atoms with van der Waals surface area (Å²) < 4.78 is 12.7. The van der Waals surface area contributed by atoms with Crippen LogP contribution >= 0.6 is 0 Å². The Morgan fingerprint density at radius 2 is 2.04 bits per heavy atom. The second-order valence-electron chi connectivity index (χ2n) is 5.98. The van der Waals surface area contributed by atoms with E-state index in [1.165, 1.54) is 0 Å². The van der Waals surface area contributed by atoms with Gasteiger partial charge in [-0.05, 0) is 18.6 Å². The van der Waals surface area contributed by atoms with E-state index in [1.54, 1.807) is 0 Å². The highest BCUT2D eigenvalue weighted by atomic mass is 16.6. The van der Waals surface area contributed by atoms with Crippen molar-refractivity contribution in [1.29, 1.82) is 0 Å². The van der Waals surface area contributed by atoms with E-state index in [0.29, 0.717) is 19.0 Å². The molecule has 1 N–H and O–H groups in total. The van der Waals surface area contributed by atoms with Crippen molar-refractivity contribution in [2.75, 3.05) is 25.1 Å². The quantitative estimate of drug-likeness (QED) is 0.798. The molecule has 128 valence electrons. The molecule has 1 amide bonds. The number of imidazole rings is 1. The van der Waals surface area contributed by atoms with Gasteiger partial charge in [0.2, 0.25) is 0 Å². The predicted molar refractivity (Wildman–Crippen MR) is 94.6 cm³/mol.